The van der Waals surface area contributed by atoms with Crippen molar-refractivity contribution in [3.8, 4) is 0 Å². The molecule has 110 valence electrons. The molecule has 1 aliphatic carbocycles. The first-order valence-electron chi connectivity index (χ1n) is 6.80. The van der Waals surface area contributed by atoms with Crippen LogP contribution in [0, 0.1) is 17.0 Å². The van der Waals surface area contributed by atoms with Gasteiger partial charge in [0.25, 0.3) is 5.69 Å². The number of anilines is 1. The Bertz CT molecular complexity index is 517. The number of nitrogens with one attached hydrogen (secondary N) is 1. The van der Waals surface area contributed by atoms with Crippen LogP contribution in [0.2, 0.25) is 0 Å². The quantitative estimate of drug-likeness (QED) is 0.634. The van der Waals surface area contributed by atoms with Gasteiger partial charge in [-0.25, -0.2) is 0 Å². The summed E-state index contributed by atoms with van der Waals surface area (Å²) < 4.78 is 0.732. The Morgan fingerprint density at radius 1 is 1.55 bits per heavy atom. The van der Waals surface area contributed by atoms with Crippen LogP contribution in [0.4, 0.5) is 11.4 Å². The Kier molecular flexibility index (Phi) is 4.65. The number of benzene rings is 1. The molecule has 1 aliphatic rings. The van der Waals surface area contributed by atoms with Crippen molar-refractivity contribution in [2.75, 3.05) is 18.9 Å². The molecule has 5 nitrogen and oxygen atoms in total. The fraction of sp³-hybridized carbons (Fsp3) is 0.571. The highest BCUT2D eigenvalue weighted by Crippen LogP contribution is 2.31. The molecule has 1 saturated carbocycles. The molecule has 1 fully saturated rings. The van der Waals surface area contributed by atoms with Crippen LogP contribution in [0.25, 0.3) is 0 Å². The molecule has 0 spiro atoms. The zero-order valence-electron chi connectivity index (χ0n) is 12.0. The second kappa shape index (κ2) is 6.10. The second-order valence-electron chi connectivity index (χ2n) is 5.50. The third kappa shape index (κ3) is 3.49. The Hall–Kier alpha value is -1.14. The summed E-state index contributed by atoms with van der Waals surface area (Å²) in [7, 11) is 2.15. The van der Waals surface area contributed by atoms with E-state index in [1.807, 2.05) is 6.07 Å². The first-order valence-corrected chi connectivity index (χ1v) is 7.59. The van der Waals surface area contributed by atoms with Crippen LogP contribution in [0.3, 0.4) is 0 Å². The normalized spacial score (nSPS) is 16.2. The van der Waals surface area contributed by atoms with Crippen molar-refractivity contribution in [1.82, 2.24) is 4.90 Å². The SMILES string of the molecule is Cc1cc(NCC(C)N(C)C2CC2)c(Br)cc1[N+](=O)[O-]. The lowest BCUT2D eigenvalue weighted by Crippen LogP contribution is -2.36. The molecule has 1 aromatic carbocycles. The standard InChI is InChI=1S/C14H20BrN3O2/c1-9-6-13(12(15)7-14(9)18(19)20)16-8-10(2)17(3)11-4-5-11/h6-7,10-11,16H,4-5,8H2,1-3H3. The van der Waals surface area contributed by atoms with E-state index in [0.29, 0.717) is 11.6 Å². The number of likely N-dealkylation sites (N-methyl/N-ethyl adjacent to an activating group) is 1. The molecule has 0 bridgehead atoms. The highest BCUT2D eigenvalue weighted by molar-refractivity contribution is 9.10. The molecule has 6 heteroatoms. The first kappa shape index (κ1) is 15.3. The Morgan fingerprint density at radius 2 is 2.20 bits per heavy atom. The minimum atomic E-state index is -0.354. The van der Waals surface area contributed by atoms with Gasteiger partial charge in [-0.1, -0.05) is 0 Å². The molecule has 0 heterocycles. The average molecular weight is 342 g/mol. The lowest BCUT2D eigenvalue weighted by molar-refractivity contribution is -0.385. The maximum atomic E-state index is 10.9. The van der Waals surface area contributed by atoms with Gasteiger partial charge in [-0.2, -0.15) is 0 Å². The van der Waals surface area contributed by atoms with Gasteiger partial charge in [0.2, 0.25) is 0 Å². The fourth-order valence-electron chi connectivity index (χ4n) is 2.25. The van der Waals surface area contributed by atoms with Crippen molar-refractivity contribution in [3.63, 3.8) is 0 Å². The van der Waals surface area contributed by atoms with E-state index in [-0.39, 0.29) is 10.6 Å². The Balaban J connectivity index is 2.02. The van der Waals surface area contributed by atoms with Gasteiger partial charge >= 0.3 is 0 Å². The fourth-order valence-corrected chi connectivity index (χ4v) is 2.72. The predicted molar refractivity (Wildman–Crippen MR) is 84.3 cm³/mol. The Labute approximate surface area is 127 Å². The molecule has 0 saturated heterocycles. The molecule has 0 aliphatic heterocycles. The van der Waals surface area contributed by atoms with E-state index in [1.54, 1.807) is 13.0 Å². The zero-order chi connectivity index (χ0) is 14.9. The van der Waals surface area contributed by atoms with Crippen molar-refractivity contribution < 1.29 is 4.92 Å². The van der Waals surface area contributed by atoms with Gasteiger partial charge in [0, 0.05) is 40.4 Å². The third-order valence-corrected chi connectivity index (χ3v) is 4.54. The van der Waals surface area contributed by atoms with E-state index in [2.05, 4.69) is 40.1 Å². The van der Waals surface area contributed by atoms with Crippen molar-refractivity contribution in [3.05, 3.63) is 32.3 Å². The summed E-state index contributed by atoms with van der Waals surface area (Å²) in [5, 5.41) is 14.3. The molecular formula is C14H20BrN3O2. The number of nitro groups is 1. The van der Waals surface area contributed by atoms with E-state index >= 15 is 0 Å². The molecule has 0 aromatic heterocycles. The van der Waals surface area contributed by atoms with Crippen molar-refractivity contribution in [2.24, 2.45) is 0 Å². The largest absolute Gasteiger partial charge is 0.383 e. The zero-order valence-corrected chi connectivity index (χ0v) is 13.6. The number of hydrogen-bond donors (Lipinski definition) is 1. The maximum absolute atomic E-state index is 10.9. The topological polar surface area (TPSA) is 58.4 Å². The molecule has 1 aromatic rings. The molecule has 0 amide bonds. The molecular weight excluding hydrogens is 322 g/mol. The lowest BCUT2D eigenvalue weighted by atomic mass is 10.1. The van der Waals surface area contributed by atoms with Crippen LogP contribution in [0.15, 0.2) is 16.6 Å². The highest BCUT2D eigenvalue weighted by atomic mass is 79.9. The molecule has 1 N–H and O–H groups in total. The summed E-state index contributed by atoms with van der Waals surface area (Å²) in [6.45, 7) is 4.77. The molecule has 20 heavy (non-hydrogen) atoms. The van der Waals surface area contributed by atoms with Crippen molar-refractivity contribution in [2.45, 2.75) is 38.8 Å². The molecule has 2 rings (SSSR count). The minimum absolute atomic E-state index is 0.144. The van der Waals surface area contributed by atoms with Gasteiger partial charge in [0.15, 0.2) is 0 Å². The van der Waals surface area contributed by atoms with Crippen LogP contribution in [0.5, 0.6) is 0 Å². The van der Waals surface area contributed by atoms with Crippen LogP contribution in [-0.2, 0) is 0 Å². The van der Waals surface area contributed by atoms with E-state index in [9.17, 15) is 10.1 Å². The number of rotatable bonds is 6. The van der Waals surface area contributed by atoms with Gasteiger partial charge in [-0.05, 0) is 55.7 Å². The van der Waals surface area contributed by atoms with E-state index in [0.717, 1.165) is 22.7 Å². The second-order valence-corrected chi connectivity index (χ2v) is 6.36. The van der Waals surface area contributed by atoms with Crippen LogP contribution >= 0.6 is 15.9 Å². The number of hydrogen-bond acceptors (Lipinski definition) is 4. The molecule has 1 unspecified atom stereocenters. The summed E-state index contributed by atoms with van der Waals surface area (Å²) in [5.41, 5.74) is 1.72. The first-order chi connectivity index (χ1) is 9.40. The number of nitrogens with zero attached hydrogens (tertiary/aromatic N) is 2. The molecule has 0 radical (unpaired) electrons. The van der Waals surface area contributed by atoms with Gasteiger partial charge in [0.1, 0.15) is 0 Å². The van der Waals surface area contributed by atoms with Gasteiger partial charge < -0.3 is 5.32 Å². The van der Waals surface area contributed by atoms with Crippen molar-refractivity contribution >= 4 is 27.3 Å². The smallest absolute Gasteiger partial charge is 0.273 e. The van der Waals surface area contributed by atoms with Crippen LogP contribution < -0.4 is 5.32 Å². The average Bonchev–Trinajstić information content (AvgIpc) is 3.22. The van der Waals surface area contributed by atoms with Crippen molar-refractivity contribution in [1.29, 1.82) is 0 Å². The highest BCUT2D eigenvalue weighted by Gasteiger charge is 2.29. The summed E-state index contributed by atoms with van der Waals surface area (Å²) in [4.78, 5) is 12.9. The Morgan fingerprint density at radius 3 is 2.75 bits per heavy atom. The van der Waals surface area contributed by atoms with Crippen LogP contribution in [-0.4, -0.2) is 35.5 Å². The van der Waals surface area contributed by atoms with Crippen LogP contribution in [0.1, 0.15) is 25.3 Å². The lowest BCUT2D eigenvalue weighted by Gasteiger charge is -2.25. The number of halogens is 1. The number of aryl methyl sites for hydroxylation is 1. The number of nitro benzene ring substituents is 1. The summed E-state index contributed by atoms with van der Waals surface area (Å²) in [6.07, 6.45) is 2.59. The van der Waals surface area contributed by atoms with Gasteiger partial charge in [-0.3, -0.25) is 15.0 Å². The monoisotopic (exact) mass is 341 g/mol. The predicted octanol–water partition coefficient (Wildman–Crippen LogP) is 3.56. The van der Waals surface area contributed by atoms with E-state index in [1.165, 1.54) is 12.8 Å². The minimum Gasteiger partial charge on any atom is -0.383 e. The van der Waals surface area contributed by atoms with Gasteiger partial charge in [-0.15, -0.1) is 0 Å². The maximum Gasteiger partial charge on any atom is 0.273 e. The molecule has 1 atom stereocenters. The summed E-state index contributed by atoms with van der Waals surface area (Å²) in [5.74, 6) is 0. The van der Waals surface area contributed by atoms with Gasteiger partial charge in [0.05, 0.1) is 4.92 Å². The van der Waals surface area contributed by atoms with E-state index in [4.69, 9.17) is 0 Å². The summed E-state index contributed by atoms with van der Waals surface area (Å²) in [6, 6.07) is 4.55. The summed E-state index contributed by atoms with van der Waals surface area (Å²) >= 11 is 3.40. The van der Waals surface area contributed by atoms with E-state index < -0.39 is 0 Å². The third-order valence-electron chi connectivity index (χ3n) is 3.89.